The number of benzene rings is 1. The van der Waals surface area contributed by atoms with Crippen LogP contribution < -0.4 is 25.4 Å². The molecule has 1 aromatic carbocycles. The zero-order valence-corrected chi connectivity index (χ0v) is 14.7. The molecule has 1 heterocycles. The summed E-state index contributed by atoms with van der Waals surface area (Å²) in [5.74, 6) is 0.964. The van der Waals surface area contributed by atoms with Gasteiger partial charge in [0.15, 0.2) is 6.04 Å². The SMILES string of the molecule is COc1cc(NC(=O)C[C@@H]2[NH2+][C@H]3CCCC[C@H]3NC2=O)cc(OC)c1. The number of hydrogen-bond acceptors (Lipinski definition) is 4. The average Bonchev–Trinajstić information content (AvgIpc) is 2.61. The molecule has 3 rings (SSSR count). The van der Waals surface area contributed by atoms with Crippen LogP contribution in [0, 0.1) is 0 Å². The van der Waals surface area contributed by atoms with Crippen molar-refractivity contribution in [1.29, 1.82) is 0 Å². The molecule has 0 spiro atoms. The largest absolute Gasteiger partial charge is 0.497 e. The number of piperazine rings is 1. The Bertz CT molecular complexity index is 627. The summed E-state index contributed by atoms with van der Waals surface area (Å²) in [7, 11) is 3.12. The highest BCUT2D eigenvalue weighted by molar-refractivity contribution is 5.95. The summed E-state index contributed by atoms with van der Waals surface area (Å²) in [6, 6.07) is 5.46. The standard InChI is InChI=1S/C18H25N3O4/c1-24-12-7-11(8-13(9-12)25-2)19-17(22)10-16-18(23)21-15-6-4-3-5-14(15)20-16/h7-9,14-16,20H,3-6,10H2,1-2H3,(H,19,22)(H,21,23)/p+1/t14-,15+,16-/m0/s1. The van der Waals surface area contributed by atoms with Crippen LogP contribution in [0.3, 0.4) is 0 Å². The van der Waals surface area contributed by atoms with Gasteiger partial charge in [-0.15, -0.1) is 0 Å². The zero-order valence-electron chi connectivity index (χ0n) is 14.7. The van der Waals surface area contributed by atoms with Gasteiger partial charge >= 0.3 is 0 Å². The van der Waals surface area contributed by atoms with Crippen LogP contribution in [0.15, 0.2) is 18.2 Å². The number of hydrogen-bond donors (Lipinski definition) is 3. The minimum absolute atomic E-state index is 0.0403. The molecule has 0 aromatic heterocycles. The van der Waals surface area contributed by atoms with Gasteiger partial charge in [0.05, 0.1) is 26.7 Å². The summed E-state index contributed by atoms with van der Waals surface area (Å²) in [5, 5.41) is 7.99. The minimum Gasteiger partial charge on any atom is -0.497 e. The third kappa shape index (κ3) is 4.22. The molecule has 0 radical (unpaired) electrons. The fraction of sp³-hybridized carbons (Fsp3) is 0.556. The van der Waals surface area contributed by atoms with Crippen LogP contribution >= 0.6 is 0 Å². The molecule has 2 amide bonds. The molecular formula is C18H26N3O4+. The smallest absolute Gasteiger partial charge is 0.279 e. The number of rotatable bonds is 5. The summed E-state index contributed by atoms with van der Waals surface area (Å²) in [6.45, 7) is 0. The number of amides is 2. The third-order valence-corrected chi connectivity index (χ3v) is 5.00. The van der Waals surface area contributed by atoms with Gasteiger partial charge in [-0.2, -0.15) is 0 Å². The fourth-order valence-corrected chi connectivity index (χ4v) is 3.70. The number of carbonyl (C=O) groups excluding carboxylic acids is 2. The quantitative estimate of drug-likeness (QED) is 0.718. The van der Waals surface area contributed by atoms with Crippen molar-refractivity contribution in [1.82, 2.24) is 5.32 Å². The highest BCUT2D eigenvalue weighted by Crippen LogP contribution is 2.26. The molecule has 1 aromatic rings. The highest BCUT2D eigenvalue weighted by Gasteiger charge is 2.40. The molecule has 1 aliphatic carbocycles. The van der Waals surface area contributed by atoms with Gasteiger partial charge in [0.25, 0.3) is 5.91 Å². The Labute approximate surface area is 147 Å². The molecule has 2 fully saturated rings. The predicted molar refractivity (Wildman–Crippen MR) is 92.7 cm³/mol. The van der Waals surface area contributed by atoms with Gasteiger partial charge < -0.3 is 25.4 Å². The van der Waals surface area contributed by atoms with E-state index in [4.69, 9.17) is 9.47 Å². The summed E-state index contributed by atoms with van der Waals surface area (Å²) in [6.07, 6.45) is 4.63. The first kappa shape index (κ1) is 17.5. The van der Waals surface area contributed by atoms with Crippen LogP contribution in [-0.4, -0.2) is 44.2 Å². The lowest BCUT2D eigenvalue weighted by molar-refractivity contribution is -0.718. The predicted octanol–water partition coefficient (Wildman–Crippen LogP) is 0.405. The fourth-order valence-electron chi connectivity index (χ4n) is 3.70. The maximum absolute atomic E-state index is 12.4. The summed E-state index contributed by atoms with van der Waals surface area (Å²) < 4.78 is 10.4. The van der Waals surface area contributed by atoms with Crippen molar-refractivity contribution < 1.29 is 24.4 Å². The van der Waals surface area contributed by atoms with E-state index in [2.05, 4.69) is 16.0 Å². The molecule has 25 heavy (non-hydrogen) atoms. The number of anilines is 1. The number of fused-ring (bicyclic) bond motifs is 1. The zero-order chi connectivity index (χ0) is 17.8. The molecule has 3 atom stereocenters. The number of nitrogens with one attached hydrogen (secondary N) is 2. The molecular weight excluding hydrogens is 322 g/mol. The van der Waals surface area contributed by atoms with Crippen LogP contribution in [0.4, 0.5) is 5.69 Å². The van der Waals surface area contributed by atoms with E-state index in [1.54, 1.807) is 32.4 Å². The second-order valence-corrected chi connectivity index (χ2v) is 6.72. The molecule has 7 heteroatoms. The van der Waals surface area contributed by atoms with E-state index in [0.717, 1.165) is 19.3 Å². The molecule has 0 bridgehead atoms. The first-order chi connectivity index (χ1) is 12.1. The van der Waals surface area contributed by atoms with Crippen LogP contribution in [-0.2, 0) is 9.59 Å². The summed E-state index contributed by atoms with van der Waals surface area (Å²) in [5.41, 5.74) is 0.591. The van der Waals surface area contributed by atoms with E-state index in [9.17, 15) is 9.59 Å². The molecule has 4 N–H and O–H groups in total. The first-order valence-corrected chi connectivity index (χ1v) is 8.77. The second-order valence-electron chi connectivity index (χ2n) is 6.72. The Morgan fingerprint density at radius 1 is 1.20 bits per heavy atom. The van der Waals surface area contributed by atoms with Crippen molar-refractivity contribution in [2.24, 2.45) is 0 Å². The van der Waals surface area contributed by atoms with Gasteiger partial charge in [-0.25, -0.2) is 0 Å². The summed E-state index contributed by atoms with van der Waals surface area (Å²) >= 11 is 0. The molecule has 1 saturated heterocycles. The van der Waals surface area contributed by atoms with Crippen LogP contribution in [0.5, 0.6) is 11.5 Å². The number of methoxy groups -OCH3 is 2. The molecule has 136 valence electrons. The molecule has 0 unspecified atom stereocenters. The monoisotopic (exact) mass is 348 g/mol. The lowest BCUT2D eigenvalue weighted by atomic mass is 9.87. The molecule has 2 aliphatic rings. The van der Waals surface area contributed by atoms with Crippen molar-refractivity contribution in [3.63, 3.8) is 0 Å². The number of ether oxygens (including phenoxy) is 2. The van der Waals surface area contributed by atoms with E-state index >= 15 is 0 Å². The van der Waals surface area contributed by atoms with Crippen molar-refractivity contribution >= 4 is 17.5 Å². The molecule has 7 nitrogen and oxygen atoms in total. The lowest BCUT2D eigenvalue weighted by Gasteiger charge is -2.37. The number of quaternary nitrogens is 1. The Morgan fingerprint density at radius 2 is 1.88 bits per heavy atom. The van der Waals surface area contributed by atoms with Crippen LogP contribution in [0.25, 0.3) is 0 Å². The van der Waals surface area contributed by atoms with Gasteiger partial charge in [0.2, 0.25) is 5.91 Å². The van der Waals surface area contributed by atoms with E-state index in [1.165, 1.54) is 6.42 Å². The minimum atomic E-state index is -0.369. The topological polar surface area (TPSA) is 93.3 Å². The number of nitrogens with two attached hydrogens (primary N) is 1. The van der Waals surface area contributed by atoms with E-state index in [1.807, 2.05) is 0 Å². The number of carbonyl (C=O) groups is 2. The van der Waals surface area contributed by atoms with Crippen molar-refractivity contribution in [3.8, 4) is 11.5 Å². The maximum atomic E-state index is 12.4. The third-order valence-electron chi connectivity index (χ3n) is 5.00. The van der Waals surface area contributed by atoms with E-state index in [0.29, 0.717) is 23.2 Å². The molecule has 1 aliphatic heterocycles. The first-order valence-electron chi connectivity index (χ1n) is 8.77. The highest BCUT2D eigenvalue weighted by atomic mass is 16.5. The maximum Gasteiger partial charge on any atom is 0.279 e. The van der Waals surface area contributed by atoms with Crippen LogP contribution in [0.2, 0.25) is 0 Å². The Morgan fingerprint density at radius 3 is 2.56 bits per heavy atom. The second kappa shape index (κ2) is 7.74. The lowest BCUT2D eigenvalue weighted by Crippen LogP contribution is -3.03. The molecule has 1 saturated carbocycles. The van der Waals surface area contributed by atoms with Gasteiger partial charge in [-0.05, 0) is 12.8 Å². The van der Waals surface area contributed by atoms with Crippen molar-refractivity contribution in [2.45, 2.75) is 50.2 Å². The van der Waals surface area contributed by atoms with Gasteiger partial charge in [0, 0.05) is 30.3 Å². The van der Waals surface area contributed by atoms with Gasteiger partial charge in [-0.1, -0.05) is 6.42 Å². The van der Waals surface area contributed by atoms with Crippen LogP contribution in [0.1, 0.15) is 32.1 Å². The van der Waals surface area contributed by atoms with Crippen molar-refractivity contribution in [3.05, 3.63) is 18.2 Å². The Hall–Kier alpha value is -2.28. The van der Waals surface area contributed by atoms with E-state index < -0.39 is 0 Å². The van der Waals surface area contributed by atoms with E-state index in [-0.39, 0.29) is 30.3 Å². The van der Waals surface area contributed by atoms with Gasteiger partial charge in [-0.3, -0.25) is 9.59 Å². The average molecular weight is 348 g/mol. The summed E-state index contributed by atoms with van der Waals surface area (Å²) in [4.78, 5) is 24.7. The normalized spacial score (nSPS) is 25.5. The van der Waals surface area contributed by atoms with Crippen molar-refractivity contribution in [2.75, 3.05) is 19.5 Å². The van der Waals surface area contributed by atoms with Gasteiger partial charge in [0.1, 0.15) is 17.5 Å². The Kier molecular flexibility index (Phi) is 5.43. The Balaban J connectivity index is 1.61.